The zero-order valence-corrected chi connectivity index (χ0v) is 19.8. The molecule has 4 aromatic rings. The van der Waals surface area contributed by atoms with Gasteiger partial charge in [-0.25, -0.2) is 4.98 Å². The van der Waals surface area contributed by atoms with Crippen LogP contribution < -0.4 is 10.9 Å². The van der Waals surface area contributed by atoms with Crippen molar-refractivity contribution >= 4 is 56.2 Å². The van der Waals surface area contributed by atoms with Crippen molar-refractivity contribution < 1.29 is 4.79 Å². The molecule has 0 aliphatic rings. The first-order valence-corrected chi connectivity index (χ1v) is 12.8. The Morgan fingerprint density at radius 3 is 2.65 bits per heavy atom. The number of hydrogen-bond acceptors (Lipinski definition) is 6. The minimum atomic E-state index is -0.119. The van der Waals surface area contributed by atoms with Gasteiger partial charge < -0.3 is 5.32 Å². The van der Waals surface area contributed by atoms with Crippen molar-refractivity contribution in [3.8, 4) is 0 Å². The number of nitrogens with one attached hydrogen (secondary N) is 1. The summed E-state index contributed by atoms with van der Waals surface area (Å²) in [6, 6.07) is 13.8. The Morgan fingerprint density at radius 1 is 1.13 bits per heavy atom. The van der Waals surface area contributed by atoms with E-state index in [1.54, 1.807) is 15.9 Å². The fourth-order valence-corrected chi connectivity index (χ4v) is 5.49. The number of rotatable bonds is 8. The summed E-state index contributed by atoms with van der Waals surface area (Å²) in [6.45, 7) is 4.82. The highest BCUT2D eigenvalue weighted by Crippen LogP contribution is 2.22. The molecule has 0 spiro atoms. The lowest BCUT2D eigenvalue weighted by atomic mass is 10.0. The van der Waals surface area contributed by atoms with E-state index in [-0.39, 0.29) is 17.2 Å². The van der Waals surface area contributed by atoms with Gasteiger partial charge in [-0.15, -0.1) is 22.7 Å². The van der Waals surface area contributed by atoms with Crippen molar-refractivity contribution in [3.63, 3.8) is 0 Å². The second-order valence-corrected chi connectivity index (χ2v) is 10.3. The summed E-state index contributed by atoms with van der Waals surface area (Å²) in [5.41, 5.74) is 2.65. The fraction of sp³-hybridized carbons (Fsp3) is 0.261. The number of hydrogen-bond donors (Lipinski definition) is 1. The number of aromatic nitrogens is 2. The number of amides is 1. The van der Waals surface area contributed by atoms with Gasteiger partial charge in [0, 0.05) is 17.1 Å². The second-order valence-electron chi connectivity index (χ2n) is 7.43. The first-order chi connectivity index (χ1) is 15.0. The molecular weight excluding hydrogens is 446 g/mol. The van der Waals surface area contributed by atoms with Crippen molar-refractivity contribution in [1.29, 1.82) is 0 Å². The van der Waals surface area contributed by atoms with Crippen molar-refractivity contribution in [1.82, 2.24) is 9.55 Å². The van der Waals surface area contributed by atoms with Gasteiger partial charge in [-0.3, -0.25) is 14.2 Å². The van der Waals surface area contributed by atoms with Crippen molar-refractivity contribution in [2.24, 2.45) is 0 Å². The first kappa shape index (κ1) is 21.8. The lowest BCUT2D eigenvalue weighted by molar-refractivity contribution is -0.113. The highest BCUT2D eigenvalue weighted by atomic mass is 32.2. The molecule has 1 N–H and O–H groups in total. The van der Waals surface area contributed by atoms with Crippen molar-refractivity contribution in [2.75, 3.05) is 11.1 Å². The van der Waals surface area contributed by atoms with Gasteiger partial charge in [-0.05, 0) is 52.9 Å². The lowest BCUT2D eigenvalue weighted by Crippen LogP contribution is -2.24. The van der Waals surface area contributed by atoms with E-state index in [1.807, 2.05) is 47.2 Å². The number of anilines is 1. The monoisotopic (exact) mass is 469 g/mol. The molecule has 1 amide bonds. The van der Waals surface area contributed by atoms with Gasteiger partial charge in [0.2, 0.25) is 5.91 Å². The molecule has 0 bridgehead atoms. The molecule has 1 aromatic carbocycles. The molecule has 0 saturated carbocycles. The molecule has 4 rings (SSSR count). The summed E-state index contributed by atoms with van der Waals surface area (Å²) in [6.07, 6.45) is 0.762. The number of thioether (sulfide) groups is 1. The first-order valence-electron chi connectivity index (χ1n) is 10.0. The number of nitrogens with zero attached hydrogens (tertiary/aromatic N) is 2. The van der Waals surface area contributed by atoms with E-state index in [1.165, 1.54) is 33.5 Å². The zero-order chi connectivity index (χ0) is 21.8. The third-order valence-corrected chi connectivity index (χ3v) is 7.69. The maximum Gasteiger partial charge on any atom is 0.272 e. The molecule has 31 heavy (non-hydrogen) atoms. The lowest BCUT2D eigenvalue weighted by Gasteiger charge is -2.12. The quantitative estimate of drug-likeness (QED) is 0.269. The Labute approximate surface area is 193 Å². The van der Waals surface area contributed by atoms with E-state index >= 15 is 0 Å². The fourth-order valence-electron chi connectivity index (χ4n) is 3.19. The van der Waals surface area contributed by atoms with Gasteiger partial charge in [0.1, 0.15) is 4.70 Å². The predicted molar refractivity (Wildman–Crippen MR) is 132 cm³/mol. The third kappa shape index (κ3) is 5.26. The molecular formula is C23H23N3O2S3. The number of fused-ring (bicyclic) bond motifs is 1. The zero-order valence-electron chi connectivity index (χ0n) is 17.3. The molecule has 0 unspecified atom stereocenters. The molecule has 0 fully saturated rings. The van der Waals surface area contributed by atoms with Gasteiger partial charge in [0.15, 0.2) is 5.16 Å². The highest BCUT2D eigenvalue weighted by Gasteiger charge is 2.15. The minimum Gasteiger partial charge on any atom is -0.325 e. The van der Waals surface area contributed by atoms with E-state index < -0.39 is 0 Å². The smallest absolute Gasteiger partial charge is 0.272 e. The van der Waals surface area contributed by atoms with Crippen LogP contribution in [0.2, 0.25) is 0 Å². The Hall–Kier alpha value is -2.42. The molecule has 8 heteroatoms. The molecule has 5 nitrogen and oxygen atoms in total. The third-order valence-electron chi connectivity index (χ3n) is 4.89. The van der Waals surface area contributed by atoms with Gasteiger partial charge in [-0.1, -0.05) is 43.8 Å². The molecule has 0 atom stereocenters. The van der Waals surface area contributed by atoms with Crippen LogP contribution in [0.1, 0.15) is 30.2 Å². The normalized spacial score (nSPS) is 11.3. The van der Waals surface area contributed by atoms with E-state index in [4.69, 9.17) is 0 Å². The standard InChI is InChI=1S/C23H23N3O2S3/c1-15(2)16-5-7-17(8-6-16)24-20(27)14-31-23-25-19-10-13-30-21(19)22(28)26(23)11-9-18-4-3-12-29-18/h3-8,10,12-13,15H,9,11,14H2,1-2H3,(H,24,27). The number of thiophene rings is 2. The molecule has 0 radical (unpaired) electrons. The second kappa shape index (κ2) is 9.80. The summed E-state index contributed by atoms with van der Waals surface area (Å²) in [4.78, 5) is 31.4. The van der Waals surface area contributed by atoms with Gasteiger partial charge in [0.05, 0.1) is 11.3 Å². The summed E-state index contributed by atoms with van der Waals surface area (Å²) in [5, 5.41) is 7.42. The molecule has 0 aliphatic carbocycles. The van der Waals surface area contributed by atoms with Crippen LogP contribution in [0.4, 0.5) is 5.69 Å². The maximum atomic E-state index is 13.0. The van der Waals surface area contributed by atoms with E-state index in [9.17, 15) is 9.59 Å². The van der Waals surface area contributed by atoms with Crippen molar-refractivity contribution in [2.45, 2.75) is 37.9 Å². The Morgan fingerprint density at radius 2 is 1.94 bits per heavy atom. The summed E-state index contributed by atoms with van der Waals surface area (Å²) >= 11 is 4.38. The molecule has 0 aliphatic heterocycles. The van der Waals surface area contributed by atoms with Crippen LogP contribution in [-0.4, -0.2) is 21.2 Å². The summed E-state index contributed by atoms with van der Waals surface area (Å²) in [7, 11) is 0. The van der Waals surface area contributed by atoms with Crippen LogP contribution in [0, 0.1) is 0 Å². The van der Waals surface area contributed by atoms with Crippen molar-refractivity contribution in [3.05, 3.63) is 74.0 Å². The predicted octanol–water partition coefficient (Wildman–Crippen LogP) is 5.62. The molecule has 3 aromatic heterocycles. The van der Waals surface area contributed by atoms with E-state index in [0.717, 1.165) is 12.1 Å². The molecule has 3 heterocycles. The van der Waals surface area contributed by atoms with Gasteiger partial charge in [-0.2, -0.15) is 0 Å². The largest absolute Gasteiger partial charge is 0.325 e. The average molecular weight is 470 g/mol. The van der Waals surface area contributed by atoms with Crippen LogP contribution in [-0.2, 0) is 17.8 Å². The molecule has 0 saturated heterocycles. The number of benzene rings is 1. The Balaban J connectivity index is 1.48. The minimum absolute atomic E-state index is 0.0382. The summed E-state index contributed by atoms with van der Waals surface area (Å²) < 4.78 is 2.36. The Bertz CT molecular complexity index is 1230. The highest BCUT2D eigenvalue weighted by molar-refractivity contribution is 7.99. The van der Waals surface area contributed by atoms with Crippen LogP contribution in [0.15, 0.2) is 63.2 Å². The number of carbonyl (C=O) groups excluding carboxylic acids is 1. The van der Waals surface area contributed by atoms with Crippen LogP contribution in [0.5, 0.6) is 0 Å². The van der Waals surface area contributed by atoms with Crippen LogP contribution in [0.3, 0.4) is 0 Å². The summed E-state index contributed by atoms with van der Waals surface area (Å²) in [5.74, 6) is 0.517. The topological polar surface area (TPSA) is 64.0 Å². The van der Waals surface area contributed by atoms with Gasteiger partial charge in [0.25, 0.3) is 5.56 Å². The molecule has 160 valence electrons. The Kier molecular flexibility index (Phi) is 6.89. The van der Waals surface area contributed by atoms with Gasteiger partial charge >= 0.3 is 0 Å². The van der Waals surface area contributed by atoms with Crippen LogP contribution in [0.25, 0.3) is 10.2 Å². The number of aryl methyl sites for hydroxylation is 1. The average Bonchev–Trinajstić information content (AvgIpc) is 3.44. The van der Waals surface area contributed by atoms with E-state index in [0.29, 0.717) is 27.8 Å². The van der Waals surface area contributed by atoms with E-state index in [2.05, 4.69) is 30.2 Å². The SMILES string of the molecule is CC(C)c1ccc(NC(=O)CSc2nc3ccsc3c(=O)n2CCc2cccs2)cc1. The maximum absolute atomic E-state index is 13.0. The number of carbonyl (C=O) groups is 1. The van der Waals surface area contributed by atoms with Crippen LogP contribution >= 0.6 is 34.4 Å².